The molecule has 2 heterocycles. The van der Waals surface area contributed by atoms with Gasteiger partial charge in [0, 0.05) is 18.8 Å². The van der Waals surface area contributed by atoms with E-state index in [-0.39, 0.29) is 17.3 Å². The van der Waals surface area contributed by atoms with Crippen molar-refractivity contribution in [1.29, 1.82) is 0 Å². The van der Waals surface area contributed by atoms with Crippen molar-refractivity contribution >= 4 is 29.0 Å². The maximum Gasteiger partial charge on any atom is 0.353 e. The number of aromatic nitrogens is 2. The average Bonchev–Trinajstić information content (AvgIpc) is 2.54. The number of anilines is 4. The molecule has 132 valence electrons. The van der Waals surface area contributed by atoms with Gasteiger partial charge in [0.05, 0.1) is 4.92 Å². The van der Waals surface area contributed by atoms with E-state index in [4.69, 9.17) is 5.73 Å². The molecular weight excluding hydrogens is 320 g/mol. The van der Waals surface area contributed by atoms with Gasteiger partial charge in [-0.2, -0.15) is 9.97 Å². The fraction of sp³-hybridized carbons (Fsp3) is 0.412. The Morgan fingerprint density at radius 1 is 1.20 bits per heavy atom. The molecule has 1 aromatic heterocycles. The summed E-state index contributed by atoms with van der Waals surface area (Å²) in [6.07, 6.45) is 1.15. The van der Waals surface area contributed by atoms with Gasteiger partial charge in [-0.05, 0) is 30.4 Å². The van der Waals surface area contributed by atoms with E-state index in [9.17, 15) is 10.1 Å². The van der Waals surface area contributed by atoms with Crippen molar-refractivity contribution in [3.63, 3.8) is 0 Å². The SMILES string of the molecule is CC1CC(C)CN(c2nc(N)c([N+](=O)[O-])c(Nc3ccccc3)n2)C1. The Kier molecular flexibility index (Phi) is 4.69. The van der Waals surface area contributed by atoms with Crippen LogP contribution in [0.1, 0.15) is 20.3 Å². The number of para-hydroxylation sites is 1. The Morgan fingerprint density at radius 3 is 2.44 bits per heavy atom. The molecule has 0 amide bonds. The Balaban J connectivity index is 1.99. The molecule has 0 saturated carbocycles. The third-order valence-electron chi connectivity index (χ3n) is 4.27. The second kappa shape index (κ2) is 6.92. The zero-order chi connectivity index (χ0) is 18.0. The largest absolute Gasteiger partial charge is 0.378 e. The summed E-state index contributed by atoms with van der Waals surface area (Å²) in [5.41, 5.74) is 6.30. The molecule has 2 unspecified atom stereocenters. The summed E-state index contributed by atoms with van der Waals surface area (Å²) in [6, 6.07) is 9.18. The van der Waals surface area contributed by atoms with Crippen molar-refractivity contribution in [3.05, 3.63) is 40.4 Å². The van der Waals surface area contributed by atoms with Crippen molar-refractivity contribution in [2.75, 3.05) is 29.0 Å². The molecule has 2 atom stereocenters. The molecule has 0 spiro atoms. The van der Waals surface area contributed by atoms with E-state index < -0.39 is 4.92 Å². The van der Waals surface area contributed by atoms with Crippen molar-refractivity contribution in [2.45, 2.75) is 20.3 Å². The molecule has 1 aromatic carbocycles. The summed E-state index contributed by atoms with van der Waals surface area (Å²) in [5.74, 6) is 1.44. The predicted molar refractivity (Wildman–Crippen MR) is 98.0 cm³/mol. The molecule has 0 bridgehead atoms. The minimum absolute atomic E-state index is 0.115. The van der Waals surface area contributed by atoms with Gasteiger partial charge < -0.3 is 16.0 Å². The molecule has 8 heteroatoms. The van der Waals surface area contributed by atoms with Crippen LogP contribution in [0.3, 0.4) is 0 Å². The summed E-state index contributed by atoms with van der Waals surface area (Å²) in [4.78, 5) is 21.5. The van der Waals surface area contributed by atoms with Crippen LogP contribution in [-0.4, -0.2) is 28.0 Å². The van der Waals surface area contributed by atoms with Crippen molar-refractivity contribution in [3.8, 4) is 0 Å². The highest BCUT2D eigenvalue weighted by Crippen LogP contribution is 2.33. The Labute approximate surface area is 146 Å². The predicted octanol–water partition coefficient (Wildman–Crippen LogP) is 3.19. The monoisotopic (exact) mass is 342 g/mol. The summed E-state index contributed by atoms with van der Waals surface area (Å²) >= 11 is 0. The molecular formula is C17H22N6O2. The highest BCUT2D eigenvalue weighted by molar-refractivity contribution is 5.74. The molecule has 25 heavy (non-hydrogen) atoms. The highest BCUT2D eigenvalue weighted by atomic mass is 16.6. The fourth-order valence-electron chi connectivity index (χ4n) is 3.35. The second-order valence-corrected chi connectivity index (χ2v) is 6.71. The summed E-state index contributed by atoms with van der Waals surface area (Å²) < 4.78 is 0. The Morgan fingerprint density at radius 2 is 1.84 bits per heavy atom. The van der Waals surface area contributed by atoms with Crippen LogP contribution in [0.15, 0.2) is 30.3 Å². The number of hydrogen-bond donors (Lipinski definition) is 2. The molecule has 0 aliphatic carbocycles. The van der Waals surface area contributed by atoms with Gasteiger partial charge in [0.1, 0.15) is 0 Å². The molecule has 1 fully saturated rings. The Bertz CT molecular complexity index is 757. The van der Waals surface area contributed by atoms with Crippen molar-refractivity contribution in [2.24, 2.45) is 11.8 Å². The number of nitrogen functional groups attached to an aromatic ring is 1. The number of benzene rings is 1. The third kappa shape index (κ3) is 3.78. The number of nitrogens with zero attached hydrogens (tertiary/aromatic N) is 4. The van der Waals surface area contributed by atoms with Gasteiger partial charge in [-0.3, -0.25) is 10.1 Å². The molecule has 1 aliphatic rings. The summed E-state index contributed by atoms with van der Waals surface area (Å²) in [5, 5.41) is 14.4. The number of hydrogen-bond acceptors (Lipinski definition) is 7. The lowest BCUT2D eigenvalue weighted by Crippen LogP contribution is -2.39. The van der Waals surface area contributed by atoms with Gasteiger partial charge in [-0.15, -0.1) is 0 Å². The van der Waals surface area contributed by atoms with Gasteiger partial charge >= 0.3 is 5.69 Å². The second-order valence-electron chi connectivity index (χ2n) is 6.71. The molecule has 2 aromatic rings. The van der Waals surface area contributed by atoms with Crippen LogP contribution >= 0.6 is 0 Å². The quantitative estimate of drug-likeness (QED) is 0.648. The van der Waals surface area contributed by atoms with E-state index in [0.717, 1.165) is 19.5 Å². The van der Waals surface area contributed by atoms with E-state index in [2.05, 4.69) is 34.0 Å². The van der Waals surface area contributed by atoms with Crippen molar-refractivity contribution < 1.29 is 4.92 Å². The zero-order valence-corrected chi connectivity index (χ0v) is 14.3. The first kappa shape index (κ1) is 16.9. The Hall–Kier alpha value is -2.90. The van der Waals surface area contributed by atoms with Gasteiger partial charge in [0.2, 0.25) is 17.6 Å². The minimum atomic E-state index is -0.550. The first-order valence-corrected chi connectivity index (χ1v) is 8.33. The first-order chi connectivity index (χ1) is 11.9. The molecule has 3 rings (SSSR count). The number of nitrogens with two attached hydrogens (primary N) is 1. The molecule has 0 radical (unpaired) electrons. The lowest BCUT2D eigenvalue weighted by molar-refractivity contribution is -0.383. The maximum atomic E-state index is 11.4. The number of nitrogens with one attached hydrogen (secondary N) is 1. The van der Waals surface area contributed by atoms with E-state index in [0.29, 0.717) is 23.5 Å². The number of rotatable bonds is 4. The maximum absolute atomic E-state index is 11.4. The van der Waals surface area contributed by atoms with Crippen LogP contribution in [-0.2, 0) is 0 Å². The smallest absolute Gasteiger partial charge is 0.353 e. The minimum Gasteiger partial charge on any atom is -0.378 e. The van der Waals surface area contributed by atoms with Crippen LogP contribution in [0.5, 0.6) is 0 Å². The van der Waals surface area contributed by atoms with Crippen LogP contribution in [0.25, 0.3) is 0 Å². The molecule has 8 nitrogen and oxygen atoms in total. The lowest BCUT2D eigenvalue weighted by atomic mass is 9.92. The first-order valence-electron chi connectivity index (χ1n) is 8.33. The number of piperidine rings is 1. The van der Waals surface area contributed by atoms with Crippen molar-refractivity contribution in [1.82, 2.24) is 9.97 Å². The molecule has 3 N–H and O–H groups in total. The topological polar surface area (TPSA) is 110 Å². The van der Waals surface area contributed by atoms with E-state index in [1.54, 1.807) is 0 Å². The lowest BCUT2D eigenvalue weighted by Gasteiger charge is -2.35. The average molecular weight is 342 g/mol. The van der Waals surface area contributed by atoms with Crippen LogP contribution in [0.4, 0.5) is 29.0 Å². The molecule has 1 aliphatic heterocycles. The fourth-order valence-corrected chi connectivity index (χ4v) is 3.35. The van der Waals surface area contributed by atoms with Gasteiger partial charge in [0.25, 0.3) is 0 Å². The van der Waals surface area contributed by atoms with E-state index >= 15 is 0 Å². The van der Waals surface area contributed by atoms with Gasteiger partial charge in [0.15, 0.2) is 0 Å². The van der Waals surface area contributed by atoms with Gasteiger partial charge in [-0.25, -0.2) is 0 Å². The summed E-state index contributed by atoms with van der Waals surface area (Å²) in [6.45, 7) is 5.99. The van der Waals surface area contributed by atoms with Gasteiger partial charge in [-0.1, -0.05) is 32.0 Å². The standard InChI is InChI=1S/C17H22N6O2/c1-11-8-12(2)10-22(9-11)17-20-15(18)14(23(24)25)16(21-17)19-13-6-4-3-5-7-13/h3-7,11-12H,8-10H2,1-2H3,(H3,18,19,20,21). The zero-order valence-electron chi connectivity index (χ0n) is 14.3. The normalized spacial score (nSPS) is 20.3. The van der Waals surface area contributed by atoms with Crippen LogP contribution < -0.4 is 16.0 Å². The van der Waals surface area contributed by atoms with Crippen LogP contribution in [0, 0.1) is 22.0 Å². The summed E-state index contributed by atoms with van der Waals surface area (Å²) in [7, 11) is 0. The number of nitro groups is 1. The van der Waals surface area contributed by atoms with Crippen LogP contribution in [0.2, 0.25) is 0 Å². The molecule has 1 saturated heterocycles. The van der Waals surface area contributed by atoms with E-state index in [1.165, 1.54) is 0 Å². The van der Waals surface area contributed by atoms with E-state index in [1.807, 2.05) is 30.3 Å². The third-order valence-corrected chi connectivity index (χ3v) is 4.27. The highest BCUT2D eigenvalue weighted by Gasteiger charge is 2.28.